The molecule has 1 aliphatic carbocycles. The van der Waals surface area contributed by atoms with Crippen LogP contribution in [0.15, 0.2) is 85.3 Å². The number of carbonyl (C=O) groups excluding carboxylic acids is 2. The molecule has 4 aliphatic rings. The van der Waals surface area contributed by atoms with Gasteiger partial charge in [0, 0.05) is 103 Å². The molecule has 3 aliphatic heterocycles. The van der Waals surface area contributed by atoms with E-state index in [-0.39, 0.29) is 55.3 Å². The first kappa shape index (κ1) is 55.0. The number of nitrogen functional groups attached to an aromatic ring is 1. The summed E-state index contributed by atoms with van der Waals surface area (Å²) in [6.07, 6.45) is 7.36. The van der Waals surface area contributed by atoms with Gasteiger partial charge in [0.1, 0.15) is 47.6 Å². The number of amides is 2. The van der Waals surface area contributed by atoms with Crippen LogP contribution in [0.5, 0.6) is 11.8 Å². The molecule has 0 spiro atoms. The highest BCUT2D eigenvalue weighted by atomic mass is 19.1. The van der Waals surface area contributed by atoms with Crippen LogP contribution in [0.4, 0.5) is 15.9 Å². The normalized spacial score (nSPS) is 20.2. The predicted octanol–water partition coefficient (Wildman–Crippen LogP) is 6.86. The molecule has 7 N–H and O–H groups in total. The molecule has 4 aromatic carbocycles. The molecule has 6 heterocycles. The number of hydrogen-bond acceptors (Lipinski definition) is 17. The highest BCUT2D eigenvalue weighted by molar-refractivity contribution is 6.05. The fourth-order valence-electron chi connectivity index (χ4n) is 11.6. The van der Waals surface area contributed by atoms with Crippen LogP contribution in [-0.4, -0.2) is 138 Å². The van der Waals surface area contributed by atoms with Crippen LogP contribution < -0.4 is 30.7 Å². The zero-order valence-corrected chi connectivity index (χ0v) is 46.2. The molecule has 2 amide bonds. The van der Waals surface area contributed by atoms with Crippen molar-refractivity contribution in [2.45, 2.75) is 121 Å². The first-order chi connectivity index (χ1) is 39.1. The number of carbonyl (C=O) groups is 2. The first-order valence-corrected chi connectivity index (χ1v) is 27.7. The molecule has 2 bridgehead atoms. The van der Waals surface area contributed by atoms with Gasteiger partial charge in [-0.25, -0.2) is 19.0 Å². The van der Waals surface area contributed by atoms with Crippen LogP contribution in [0.25, 0.3) is 44.7 Å². The van der Waals surface area contributed by atoms with E-state index in [1.54, 1.807) is 50.8 Å². The summed E-state index contributed by atoms with van der Waals surface area (Å²) in [6, 6.07) is 17.9. The van der Waals surface area contributed by atoms with Crippen molar-refractivity contribution in [1.82, 2.24) is 50.5 Å². The third kappa shape index (κ3) is 10.9. The maximum atomic E-state index is 16.0. The second-order valence-corrected chi connectivity index (χ2v) is 22.2. The van der Waals surface area contributed by atoms with E-state index in [1.165, 1.54) is 21.9 Å². The van der Waals surface area contributed by atoms with Gasteiger partial charge in [0.15, 0.2) is 11.6 Å². The van der Waals surface area contributed by atoms with Crippen molar-refractivity contribution in [3.63, 3.8) is 0 Å². The van der Waals surface area contributed by atoms with E-state index in [0.29, 0.717) is 62.2 Å². The Kier molecular flexibility index (Phi) is 15.5. The molecular weight excluding hydrogens is 1030 g/mol. The number of likely N-dealkylation sites (tertiary alicyclic amines) is 1. The summed E-state index contributed by atoms with van der Waals surface area (Å²) in [6.45, 7) is 10.5. The molecule has 3 aromatic heterocycles. The Labute approximate surface area is 468 Å². The van der Waals surface area contributed by atoms with Crippen molar-refractivity contribution in [1.29, 1.82) is 5.41 Å². The van der Waals surface area contributed by atoms with Crippen molar-refractivity contribution in [2.24, 2.45) is 5.92 Å². The average molecular weight is 1100 g/mol. The number of nitrogens with two attached hydrogens (primary N) is 1. The quantitative estimate of drug-likeness (QED) is 0.0336. The van der Waals surface area contributed by atoms with Gasteiger partial charge in [-0.05, 0) is 92.3 Å². The molecule has 7 aromatic rings. The van der Waals surface area contributed by atoms with Gasteiger partial charge >= 0.3 is 6.01 Å². The number of piperazine rings is 1. The SMILES string of the molecule is CO[C@H](C)[C@@H](C)Oc1nc(N2C[C@@H]3C[C@H]2CN3)c2cc(C3CC3)c(-c3c(C)c(F)cc(N)c3C=N)c(OCc3ccc(-c4cn([C@H](C(=O)N5CC(O)C[C@H]5C(=O)N[C@@H](CO)c5ccc(-c6ncccn6)cc5)C(C)C)nn4)cc3)c2n1. The van der Waals surface area contributed by atoms with Crippen LogP contribution in [0.3, 0.4) is 0 Å². The Morgan fingerprint density at radius 1 is 0.975 bits per heavy atom. The molecule has 0 radical (unpaired) electrons. The van der Waals surface area contributed by atoms with Crippen LogP contribution >= 0.6 is 0 Å². The second-order valence-electron chi connectivity index (χ2n) is 22.2. The van der Waals surface area contributed by atoms with Crippen molar-refractivity contribution in [2.75, 3.05) is 44.0 Å². The monoisotopic (exact) mass is 1100 g/mol. The van der Waals surface area contributed by atoms with Gasteiger partial charge in [0.05, 0.1) is 31.1 Å². The summed E-state index contributed by atoms with van der Waals surface area (Å²) in [5, 5.41) is 46.1. The number of aliphatic hydroxyl groups is 2. The van der Waals surface area contributed by atoms with Crippen molar-refractivity contribution in [3.8, 4) is 45.5 Å². The Hall–Kier alpha value is -7.98. The molecule has 1 saturated carbocycles. The Morgan fingerprint density at radius 2 is 1.72 bits per heavy atom. The summed E-state index contributed by atoms with van der Waals surface area (Å²) >= 11 is 0. The third-order valence-corrected chi connectivity index (χ3v) is 16.4. The van der Waals surface area contributed by atoms with Gasteiger partial charge in [-0.2, -0.15) is 9.97 Å². The van der Waals surface area contributed by atoms with Crippen molar-refractivity contribution < 1.29 is 38.4 Å². The number of benzene rings is 4. The molecule has 422 valence electrons. The minimum absolute atomic E-state index is 0.0198. The summed E-state index contributed by atoms with van der Waals surface area (Å²) in [5.41, 5.74) is 13.3. The van der Waals surface area contributed by atoms with E-state index in [9.17, 15) is 19.8 Å². The molecule has 81 heavy (non-hydrogen) atoms. The van der Waals surface area contributed by atoms with Gasteiger partial charge in [-0.1, -0.05) is 67.6 Å². The number of halogens is 1. The highest BCUT2D eigenvalue weighted by Gasteiger charge is 2.44. The maximum Gasteiger partial charge on any atom is 0.319 e. The molecule has 8 atom stereocenters. The fourth-order valence-corrected chi connectivity index (χ4v) is 11.6. The lowest BCUT2D eigenvalue weighted by molar-refractivity contribution is -0.142. The Bertz CT molecular complexity index is 3470. The zero-order valence-electron chi connectivity index (χ0n) is 46.2. The average Bonchev–Trinajstić information content (AvgIpc) is 4.01. The van der Waals surface area contributed by atoms with E-state index in [2.05, 4.69) is 41.9 Å². The van der Waals surface area contributed by atoms with Gasteiger partial charge in [0.2, 0.25) is 11.8 Å². The number of β-amino-alcohol motifs (C(OH)–C–C–N with tert-alkyl or cyclic N) is 1. The minimum atomic E-state index is -1.01. The van der Waals surface area contributed by atoms with Crippen LogP contribution in [0, 0.1) is 24.1 Å². The Balaban J connectivity index is 0.878. The highest BCUT2D eigenvalue weighted by Crippen LogP contribution is 2.53. The summed E-state index contributed by atoms with van der Waals surface area (Å²) < 4.78 is 36.7. The number of nitrogens with zero attached hydrogens (tertiary/aromatic N) is 9. The predicted molar refractivity (Wildman–Crippen MR) is 303 cm³/mol. The molecule has 21 heteroatoms. The largest absolute Gasteiger partial charge is 0.486 e. The number of ether oxygens (including phenoxy) is 3. The minimum Gasteiger partial charge on any atom is -0.486 e. The van der Waals surface area contributed by atoms with E-state index < -0.39 is 54.6 Å². The number of methoxy groups -OCH3 is 1. The molecule has 11 rings (SSSR count). The molecule has 20 nitrogen and oxygen atoms in total. The smallest absolute Gasteiger partial charge is 0.319 e. The van der Waals surface area contributed by atoms with Crippen molar-refractivity contribution >= 4 is 40.4 Å². The number of fused-ring (bicyclic) bond motifs is 3. The van der Waals surface area contributed by atoms with Crippen molar-refractivity contribution in [3.05, 3.63) is 119 Å². The lowest BCUT2D eigenvalue weighted by atomic mass is 9.87. The number of aromatic nitrogens is 7. The lowest BCUT2D eigenvalue weighted by Crippen LogP contribution is -2.50. The maximum absolute atomic E-state index is 16.0. The molecule has 3 saturated heterocycles. The number of nitrogens with one attached hydrogen (secondary N) is 3. The number of hydrogen-bond donors (Lipinski definition) is 6. The standard InChI is InChI=1S/C60H68FN13O7/c1-31(2)54(59(78)73-27-42(76)21-50(73)58(77)67-49(29-75)38-14-16-39(17-15-38)56-64-18-7-19-65-56)74-28-48(70-71-74)37-10-8-35(9-11-37)30-80-55-52(51-32(3)46(61)23-47(63)45(51)24-62)43(36-12-13-36)22-44-53(55)68-60(81-34(5)33(4)79-6)69-57(44)72-26-40-20-41(72)25-66-40/h7-11,14-19,22-24,28,31,33-34,36,40-42,49-50,54,62,66,75-76H,12-13,20-21,25-27,29-30,63H2,1-6H3,(H,67,77)/t33-,34-,40+,41+,42?,49+,50+,54+/m1/s1. The van der Waals surface area contributed by atoms with Crippen LogP contribution in [0.2, 0.25) is 0 Å². The van der Waals surface area contributed by atoms with E-state index in [1.807, 2.05) is 64.1 Å². The zero-order chi connectivity index (χ0) is 56.8. The topological polar surface area (TPSA) is 265 Å². The molecular formula is C60H68FN13O7. The number of aliphatic hydroxyl groups excluding tert-OH is 2. The first-order valence-electron chi connectivity index (χ1n) is 27.7. The summed E-state index contributed by atoms with van der Waals surface area (Å²) in [5.74, 6) is 0.101. The fraction of sp³-hybridized carbons (Fsp3) is 0.417. The third-order valence-electron chi connectivity index (χ3n) is 16.4. The second kappa shape index (κ2) is 22.9. The Morgan fingerprint density at radius 3 is 2.37 bits per heavy atom. The van der Waals surface area contributed by atoms with E-state index >= 15 is 4.39 Å². The summed E-state index contributed by atoms with van der Waals surface area (Å²) in [4.78, 5) is 51.1. The van der Waals surface area contributed by atoms with E-state index in [4.69, 9.17) is 35.3 Å². The van der Waals surface area contributed by atoms with Gasteiger partial charge < -0.3 is 56.0 Å². The van der Waals surface area contributed by atoms with Crippen LogP contribution in [-0.2, 0) is 20.9 Å². The van der Waals surface area contributed by atoms with Crippen LogP contribution in [0.1, 0.15) is 99.2 Å². The van der Waals surface area contributed by atoms with Gasteiger partial charge in [0.25, 0.3) is 0 Å². The molecule has 4 fully saturated rings. The van der Waals surface area contributed by atoms with Gasteiger partial charge in [-0.3, -0.25) is 9.59 Å². The summed E-state index contributed by atoms with van der Waals surface area (Å²) in [7, 11) is 1.63. The van der Waals surface area contributed by atoms with Gasteiger partial charge in [-0.15, -0.1) is 5.10 Å². The lowest BCUT2D eigenvalue weighted by Gasteiger charge is -2.31. The molecule has 1 unspecified atom stereocenters. The number of rotatable bonds is 20. The number of anilines is 2. The van der Waals surface area contributed by atoms with E-state index in [0.717, 1.165) is 60.2 Å².